The van der Waals surface area contributed by atoms with Crippen molar-refractivity contribution in [1.82, 2.24) is 19.9 Å². The molecule has 0 radical (unpaired) electrons. The molecule has 0 bridgehead atoms. The molecule has 0 aliphatic carbocycles. The van der Waals surface area contributed by atoms with Crippen molar-refractivity contribution in [3.05, 3.63) is 35.7 Å². The van der Waals surface area contributed by atoms with Gasteiger partial charge in [0.1, 0.15) is 10.6 Å². The first-order valence-corrected chi connectivity index (χ1v) is 10.3. The smallest absolute Gasteiger partial charge is 0.244 e. The molecule has 28 heavy (non-hydrogen) atoms. The molecule has 0 aliphatic rings. The number of sulfonamides is 1. The van der Waals surface area contributed by atoms with E-state index in [9.17, 15) is 8.42 Å². The van der Waals surface area contributed by atoms with Crippen molar-refractivity contribution in [2.45, 2.75) is 45.1 Å². The van der Waals surface area contributed by atoms with Gasteiger partial charge in [0.15, 0.2) is 5.82 Å². The number of aromatic nitrogens is 3. The zero-order chi connectivity index (χ0) is 20.7. The zero-order valence-corrected chi connectivity index (χ0v) is 17.7. The fraction of sp³-hybridized carbons (Fsp3) is 0.368. The number of nitrogens with one attached hydrogen (secondary N) is 3. The Bertz CT molecular complexity index is 1130. The molecule has 2 aromatic heterocycles. The van der Waals surface area contributed by atoms with Crippen molar-refractivity contribution < 1.29 is 13.2 Å². The topological polar surface area (TPSA) is 109 Å². The van der Waals surface area contributed by atoms with Gasteiger partial charge < -0.3 is 10.1 Å². The second kappa shape index (κ2) is 7.06. The Labute approximate surface area is 164 Å². The fourth-order valence-electron chi connectivity index (χ4n) is 2.82. The number of pyridine rings is 1. The van der Waals surface area contributed by atoms with E-state index in [1.807, 2.05) is 13.8 Å². The summed E-state index contributed by atoms with van der Waals surface area (Å²) < 4.78 is 33.9. The number of methoxy groups -OCH3 is 1. The first-order valence-electron chi connectivity index (χ1n) is 8.81. The average molecular weight is 404 g/mol. The number of benzene rings is 1. The van der Waals surface area contributed by atoms with Crippen LogP contribution in [0.15, 0.2) is 29.3 Å². The second-order valence-corrected chi connectivity index (χ2v) is 9.33. The number of anilines is 2. The van der Waals surface area contributed by atoms with Gasteiger partial charge in [0.25, 0.3) is 0 Å². The van der Waals surface area contributed by atoms with Crippen molar-refractivity contribution in [1.29, 1.82) is 0 Å². The lowest BCUT2D eigenvalue weighted by Crippen LogP contribution is -2.40. The summed E-state index contributed by atoms with van der Waals surface area (Å²) in [6.45, 7) is 9.25. The van der Waals surface area contributed by atoms with Gasteiger partial charge in [0.05, 0.1) is 18.3 Å². The van der Waals surface area contributed by atoms with Crippen LogP contribution in [0, 0.1) is 13.8 Å². The van der Waals surface area contributed by atoms with Gasteiger partial charge in [-0.25, -0.2) is 13.1 Å². The molecular weight excluding hydrogens is 378 g/mol. The van der Waals surface area contributed by atoms with E-state index in [0.717, 1.165) is 11.3 Å². The van der Waals surface area contributed by atoms with Crippen LogP contribution in [0.4, 0.5) is 11.5 Å². The number of rotatable bonds is 5. The summed E-state index contributed by atoms with van der Waals surface area (Å²) in [5.74, 6) is 0.915. The maximum absolute atomic E-state index is 12.9. The van der Waals surface area contributed by atoms with Gasteiger partial charge in [-0.2, -0.15) is 5.10 Å². The van der Waals surface area contributed by atoms with E-state index < -0.39 is 15.6 Å². The molecule has 1 aromatic carbocycles. The highest BCUT2D eigenvalue weighted by atomic mass is 32.2. The van der Waals surface area contributed by atoms with Crippen LogP contribution < -0.4 is 14.8 Å². The lowest BCUT2D eigenvalue weighted by molar-refractivity contribution is 0.401. The second-order valence-electron chi connectivity index (χ2n) is 7.68. The number of H-pyrrole nitrogens is 1. The molecule has 0 amide bonds. The van der Waals surface area contributed by atoms with Crippen molar-refractivity contribution in [2.24, 2.45) is 0 Å². The Morgan fingerprint density at radius 3 is 2.46 bits per heavy atom. The molecule has 3 aromatic rings. The minimum absolute atomic E-state index is 0.0587. The highest BCUT2D eigenvalue weighted by Gasteiger charge is 2.26. The Balaban J connectivity index is 2.17. The molecule has 9 heteroatoms. The van der Waals surface area contributed by atoms with E-state index in [1.165, 1.54) is 7.11 Å². The summed E-state index contributed by atoms with van der Waals surface area (Å²) in [7, 11) is -2.36. The van der Waals surface area contributed by atoms with E-state index in [2.05, 4.69) is 25.2 Å². The number of nitrogens with zero attached hydrogens (tertiary/aromatic N) is 2. The summed E-state index contributed by atoms with van der Waals surface area (Å²) in [5.41, 5.74) is 2.63. The first kappa shape index (κ1) is 20.1. The molecule has 0 aliphatic heterocycles. The monoisotopic (exact) mass is 403 g/mol. The quantitative estimate of drug-likeness (QED) is 0.602. The molecule has 0 saturated carbocycles. The Morgan fingerprint density at radius 1 is 1.18 bits per heavy atom. The summed E-state index contributed by atoms with van der Waals surface area (Å²) in [6, 6.07) is 4.98. The van der Waals surface area contributed by atoms with E-state index in [1.54, 1.807) is 45.2 Å². The van der Waals surface area contributed by atoms with Crippen LogP contribution in [0.1, 0.15) is 32.0 Å². The molecule has 0 spiro atoms. The maximum Gasteiger partial charge on any atom is 0.244 e. The number of aromatic amines is 1. The van der Waals surface area contributed by atoms with Gasteiger partial charge >= 0.3 is 0 Å². The third kappa shape index (κ3) is 3.95. The highest BCUT2D eigenvalue weighted by molar-refractivity contribution is 7.89. The van der Waals surface area contributed by atoms with Crippen LogP contribution in [0.25, 0.3) is 10.9 Å². The first-order chi connectivity index (χ1) is 13.0. The lowest BCUT2D eigenvalue weighted by Gasteiger charge is -2.21. The predicted octanol–water partition coefficient (Wildman–Crippen LogP) is 3.40. The largest absolute Gasteiger partial charge is 0.495 e. The van der Waals surface area contributed by atoms with Crippen LogP contribution in [-0.2, 0) is 10.0 Å². The Morgan fingerprint density at radius 2 is 1.89 bits per heavy atom. The van der Waals surface area contributed by atoms with E-state index >= 15 is 0 Å². The minimum atomic E-state index is -3.80. The highest BCUT2D eigenvalue weighted by Crippen LogP contribution is 2.34. The molecule has 8 nitrogen and oxygen atoms in total. The number of aryl methyl sites for hydroxylation is 1. The summed E-state index contributed by atoms with van der Waals surface area (Å²) in [6.07, 6.45) is 1.65. The summed E-state index contributed by atoms with van der Waals surface area (Å²) in [5, 5.41) is 11.1. The summed E-state index contributed by atoms with van der Waals surface area (Å²) >= 11 is 0. The zero-order valence-electron chi connectivity index (χ0n) is 16.8. The van der Waals surface area contributed by atoms with Crippen molar-refractivity contribution >= 4 is 32.4 Å². The van der Waals surface area contributed by atoms with E-state index in [-0.39, 0.29) is 10.6 Å². The molecule has 0 unspecified atom stereocenters. The number of hydrogen-bond acceptors (Lipinski definition) is 6. The molecule has 3 N–H and O–H groups in total. The van der Waals surface area contributed by atoms with Gasteiger partial charge in [-0.15, -0.1) is 0 Å². The third-order valence-corrected chi connectivity index (χ3v) is 6.04. The van der Waals surface area contributed by atoms with Crippen LogP contribution in [0.3, 0.4) is 0 Å². The minimum Gasteiger partial charge on any atom is -0.495 e. The van der Waals surface area contributed by atoms with Crippen molar-refractivity contribution in [3.63, 3.8) is 0 Å². The standard InChI is InChI=1S/C19H25N5O3S/c1-11-12(2)22-23-18(11)21-14-7-8-20-15-10-16(27-6)17(9-13(14)15)28(25,26)24-19(3,4)5/h7-10,24H,1-6H3,(H2,20,21,22,23). The van der Waals surface area contributed by atoms with Crippen LogP contribution >= 0.6 is 0 Å². The average Bonchev–Trinajstić information content (AvgIpc) is 2.91. The molecule has 0 atom stereocenters. The Kier molecular flexibility index (Phi) is 5.07. The van der Waals surface area contributed by atoms with Gasteiger partial charge in [0.2, 0.25) is 10.0 Å². The van der Waals surface area contributed by atoms with Crippen molar-refractivity contribution in [2.75, 3.05) is 12.4 Å². The summed E-state index contributed by atoms with van der Waals surface area (Å²) in [4.78, 5) is 4.41. The maximum atomic E-state index is 12.9. The fourth-order valence-corrected chi connectivity index (χ4v) is 4.42. The molecule has 0 saturated heterocycles. The lowest BCUT2D eigenvalue weighted by atomic mass is 10.1. The molecule has 150 valence electrons. The van der Waals surface area contributed by atoms with Crippen molar-refractivity contribution in [3.8, 4) is 5.75 Å². The normalized spacial score (nSPS) is 12.4. The molecule has 3 rings (SSSR count). The molecule has 0 fully saturated rings. The van der Waals surface area contributed by atoms with E-state index in [4.69, 9.17) is 4.74 Å². The molecule has 2 heterocycles. The Hall–Kier alpha value is -2.65. The van der Waals surface area contributed by atoms with Gasteiger partial charge in [-0.3, -0.25) is 10.1 Å². The van der Waals surface area contributed by atoms with Crippen LogP contribution in [0.5, 0.6) is 5.75 Å². The SMILES string of the molecule is COc1cc2nccc(Nc3n[nH]c(C)c3C)c2cc1S(=O)(=O)NC(C)(C)C. The van der Waals surface area contributed by atoms with Crippen LogP contribution in [-0.4, -0.2) is 36.2 Å². The van der Waals surface area contributed by atoms with Gasteiger partial charge in [-0.05, 0) is 46.8 Å². The van der Waals surface area contributed by atoms with Gasteiger partial charge in [0, 0.05) is 34.4 Å². The number of ether oxygens (including phenoxy) is 1. The van der Waals surface area contributed by atoms with E-state index in [0.29, 0.717) is 22.4 Å². The number of hydrogen-bond donors (Lipinski definition) is 3. The van der Waals surface area contributed by atoms with Gasteiger partial charge in [-0.1, -0.05) is 0 Å². The predicted molar refractivity (Wildman–Crippen MR) is 110 cm³/mol. The van der Waals surface area contributed by atoms with Crippen LogP contribution in [0.2, 0.25) is 0 Å². The number of fused-ring (bicyclic) bond motifs is 1. The molecular formula is C19H25N5O3S. The third-order valence-electron chi connectivity index (χ3n) is 4.26.